The summed E-state index contributed by atoms with van der Waals surface area (Å²) in [5.41, 5.74) is 7.80. The number of halogens is 1. The van der Waals surface area contributed by atoms with Gasteiger partial charge in [0.15, 0.2) is 11.5 Å². The van der Waals surface area contributed by atoms with Gasteiger partial charge in [-0.05, 0) is 28.9 Å². The largest absolute Gasteiger partial charge is 0.404 e. The van der Waals surface area contributed by atoms with E-state index >= 15 is 0 Å². The van der Waals surface area contributed by atoms with Crippen LogP contribution in [-0.2, 0) is 4.74 Å². The van der Waals surface area contributed by atoms with Gasteiger partial charge in [-0.25, -0.2) is 19.9 Å². The van der Waals surface area contributed by atoms with Gasteiger partial charge < -0.3 is 20.8 Å². The molecule has 0 saturated carbocycles. The van der Waals surface area contributed by atoms with Crippen LogP contribution in [0.2, 0.25) is 0 Å². The van der Waals surface area contributed by atoms with Crippen LogP contribution in [0.5, 0.6) is 0 Å². The van der Waals surface area contributed by atoms with Gasteiger partial charge >= 0.3 is 0 Å². The summed E-state index contributed by atoms with van der Waals surface area (Å²) in [6.45, 7) is 3.25. The van der Waals surface area contributed by atoms with Gasteiger partial charge in [-0.15, -0.1) is 0 Å². The normalized spacial score (nSPS) is 20.5. The molecule has 0 aliphatic carbocycles. The average molecular weight is 443 g/mol. The molecule has 3 N–H and O–H groups in total. The molecule has 144 valence electrons. The van der Waals surface area contributed by atoms with Crippen molar-refractivity contribution >= 4 is 33.6 Å². The molecule has 0 amide bonds. The number of fused-ring (bicyclic) bond motifs is 1. The fourth-order valence-corrected chi connectivity index (χ4v) is 3.68. The molecule has 1 saturated heterocycles. The maximum absolute atomic E-state index is 7.56. The summed E-state index contributed by atoms with van der Waals surface area (Å²) in [5.74, 6) is 1.36. The van der Waals surface area contributed by atoms with E-state index < -0.39 is 0 Å². The van der Waals surface area contributed by atoms with Crippen molar-refractivity contribution in [3.63, 3.8) is 0 Å². The third-order valence-corrected chi connectivity index (χ3v) is 5.19. The molecular formula is C18H19BrN8O. The molecule has 2 unspecified atom stereocenters. The van der Waals surface area contributed by atoms with E-state index in [1.807, 2.05) is 23.6 Å². The van der Waals surface area contributed by atoms with Crippen molar-refractivity contribution in [3.05, 3.63) is 47.2 Å². The van der Waals surface area contributed by atoms with Crippen molar-refractivity contribution in [1.82, 2.24) is 24.3 Å². The van der Waals surface area contributed by atoms with Crippen LogP contribution in [0.4, 0.5) is 5.82 Å². The number of morpholine rings is 1. The fourth-order valence-electron chi connectivity index (χ4n) is 3.37. The number of imidazole rings is 1. The average Bonchev–Trinajstić information content (AvgIpc) is 3.13. The molecule has 1 fully saturated rings. The minimum absolute atomic E-state index is 0.0339. The number of nitrogens with one attached hydrogen (secondary N) is 1. The van der Waals surface area contributed by atoms with Crippen LogP contribution in [0, 0.1) is 5.41 Å². The van der Waals surface area contributed by atoms with Crippen molar-refractivity contribution in [2.24, 2.45) is 5.73 Å². The Morgan fingerprint density at radius 3 is 3.00 bits per heavy atom. The van der Waals surface area contributed by atoms with E-state index in [0.29, 0.717) is 29.2 Å². The second-order valence-electron chi connectivity index (χ2n) is 6.36. The van der Waals surface area contributed by atoms with E-state index in [1.165, 1.54) is 12.4 Å². The van der Waals surface area contributed by atoms with Gasteiger partial charge in [0.25, 0.3) is 0 Å². The van der Waals surface area contributed by atoms with Gasteiger partial charge in [0.2, 0.25) is 0 Å². The van der Waals surface area contributed by atoms with Crippen LogP contribution in [0.25, 0.3) is 17.2 Å². The lowest BCUT2D eigenvalue weighted by Gasteiger charge is -2.40. The first-order chi connectivity index (χ1) is 13.6. The minimum atomic E-state index is -0.285. The second-order valence-corrected chi connectivity index (χ2v) is 7.17. The number of nitrogens with two attached hydrogens (primary N) is 1. The molecule has 10 heteroatoms. The summed E-state index contributed by atoms with van der Waals surface area (Å²) in [5, 5.41) is 7.56. The van der Waals surface area contributed by atoms with Gasteiger partial charge in [0, 0.05) is 36.9 Å². The molecule has 3 aromatic rings. The lowest BCUT2D eigenvalue weighted by molar-refractivity contribution is 0.0429. The molecule has 0 radical (unpaired) electrons. The van der Waals surface area contributed by atoms with Gasteiger partial charge in [0.1, 0.15) is 22.2 Å². The Morgan fingerprint density at radius 1 is 1.36 bits per heavy atom. The molecule has 0 aromatic carbocycles. The van der Waals surface area contributed by atoms with Crippen molar-refractivity contribution in [3.8, 4) is 11.5 Å². The Balaban J connectivity index is 1.70. The van der Waals surface area contributed by atoms with Gasteiger partial charge in [0.05, 0.1) is 25.0 Å². The zero-order valence-corrected chi connectivity index (χ0v) is 16.7. The molecule has 1 aliphatic rings. The Bertz CT molecular complexity index is 1050. The third kappa shape index (κ3) is 3.25. The zero-order chi connectivity index (χ0) is 19.7. The summed E-state index contributed by atoms with van der Waals surface area (Å²) in [4.78, 5) is 19.9. The van der Waals surface area contributed by atoms with Crippen LogP contribution in [0.3, 0.4) is 0 Å². The first-order valence-electron chi connectivity index (χ1n) is 8.75. The van der Waals surface area contributed by atoms with E-state index in [0.717, 1.165) is 17.2 Å². The predicted molar refractivity (Wildman–Crippen MR) is 109 cm³/mol. The van der Waals surface area contributed by atoms with Crippen LogP contribution in [0.15, 0.2) is 47.2 Å². The Hall–Kier alpha value is -2.85. The molecule has 4 rings (SSSR count). The molecule has 0 bridgehead atoms. The highest BCUT2D eigenvalue weighted by Gasteiger charge is 2.31. The molecule has 4 heterocycles. The van der Waals surface area contributed by atoms with Gasteiger partial charge in [-0.1, -0.05) is 0 Å². The number of ether oxygens (including phenoxy) is 1. The zero-order valence-electron chi connectivity index (χ0n) is 15.2. The standard InChI is InChI=1S/C18H19BrN8O/c1-11-17(12(6-20)7-21)28-5-4-26(11)15-2-3-22-18(25-15)13-8-24-16-9-23-14(19)10-27(13)16/h2-3,6-11,17,20H,4-5,21H2,1H3/b12-7+,20-6?. The highest BCUT2D eigenvalue weighted by Crippen LogP contribution is 2.26. The summed E-state index contributed by atoms with van der Waals surface area (Å²) >= 11 is 3.39. The molecular weight excluding hydrogens is 424 g/mol. The predicted octanol–water partition coefficient (Wildman–Crippen LogP) is 2.03. The topological polar surface area (TPSA) is 118 Å². The summed E-state index contributed by atoms with van der Waals surface area (Å²) < 4.78 is 8.44. The van der Waals surface area contributed by atoms with Crippen molar-refractivity contribution in [1.29, 1.82) is 5.41 Å². The number of rotatable bonds is 4. The number of anilines is 1. The molecule has 1 aliphatic heterocycles. The first kappa shape index (κ1) is 18.5. The minimum Gasteiger partial charge on any atom is -0.404 e. The van der Waals surface area contributed by atoms with Crippen LogP contribution >= 0.6 is 15.9 Å². The summed E-state index contributed by atoms with van der Waals surface area (Å²) in [6, 6.07) is 1.84. The Morgan fingerprint density at radius 2 is 2.21 bits per heavy atom. The van der Waals surface area contributed by atoms with Gasteiger partial charge in [-0.2, -0.15) is 0 Å². The SMILES string of the molecule is CC1C(/C(C=N)=C/N)OCCN1c1ccnc(-c2cnc3cnc(Br)cn23)n1. The van der Waals surface area contributed by atoms with Gasteiger partial charge in [-0.3, -0.25) is 4.40 Å². The third-order valence-electron chi connectivity index (χ3n) is 4.78. The van der Waals surface area contributed by atoms with Crippen LogP contribution in [0.1, 0.15) is 6.92 Å². The fraction of sp³-hybridized carbons (Fsp3) is 0.278. The van der Waals surface area contributed by atoms with E-state index in [4.69, 9.17) is 20.9 Å². The lowest BCUT2D eigenvalue weighted by atomic mass is 10.0. The quantitative estimate of drug-likeness (QED) is 0.593. The summed E-state index contributed by atoms with van der Waals surface area (Å²) in [6.07, 6.45) is 9.37. The number of hydrogen-bond acceptors (Lipinski definition) is 8. The molecule has 28 heavy (non-hydrogen) atoms. The van der Waals surface area contributed by atoms with Crippen LogP contribution < -0.4 is 10.6 Å². The number of nitrogens with zero attached hydrogens (tertiary/aromatic N) is 6. The number of hydrogen-bond donors (Lipinski definition) is 2. The number of aromatic nitrogens is 5. The summed E-state index contributed by atoms with van der Waals surface area (Å²) in [7, 11) is 0. The Kier molecular flexibility index (Phi) is 5.05. The van der Waals surface area contributed by atoms with Crippen molar-refractivity contribution in [2.45, 2.75) is 19.1 Å². The molecule has 0 spiro atoms. The smallest absolute Gasteiger partial charge is 0.180 e. The lowest BCUT2D eigenvalue weighted by Crippen LogP contribution is -2.51. The highest BCUT2D eigenvalue weighted by molar-refractivity contribution is 9.10. The highest BCUT2D eigenvalue weighted by atomic mass is 79.9. The second kappa shape index (κ2) is 7.64. The first-order valence-corrected chi connectivity index (χ1v) is 9.54. The van der Waals surface area contributed by atoms with Crippen molar-refractivity contribution in [2.75, 3.05) is 18.1 Å². The van der Waals surface area contributed by atoms with E-state index in [-0.39, 0.29) is 12.1 Å². The monoisotopic (exact) mass is 442 g/mol. The van der Waals surface area contributed by atoms with E-state index in [2.05, 4.69) is 35.8 Å². The maximum atomic E-state index is 7.56. The van der Waals surface area contributed by atoms with E-state index in [1.54, 1.807) is 18.6 Å². The Labute approximate surface area is 169 Å². The van der Waals surface area contributed by atoms with Crippen LogP contribution in [-0.4, -0.2) is 55.8 Å². The molecule has 3 aromatic heterocycles. The van der Waals surface area contributed by atoms with E-state index in [9.17, 15) is 0 Å². The maximum Gasteiger partial charge on any atom is 0.180 e. The van der Waals surface area contributed by atoms with Crippen molar-refractivity contribution < 1.29 is 4.74 Å². The molecule has 2 atom stereocenters. The molecule has 9 nitrogen and oxygen atoms in total.